The van der Waals surface area contributed by atoms with Crippen molar-refractivity contribution in [1.82, 2.24) is 9.55 Å². The maximum Gasteiger partial charge on any atom is 0.417 e. The molecule has 3 aromatic carbocycles. The zero-order chi connectivity index (χ0) is 26.5. The Morgan fingerprint density at radius 3 is 1.92 bits per heavy atom. The molecule has 36 heavy (non-hydrogen) atoms. The molecule has 0 aliphatic rings. The first kappa shape index (κ1) is 25.8. The van der Waals surface area contributed by atoms with Gasteiger partial charge in [0.25, 0.3) is 0 Å². The first-order valence-electron chi connectivity index (χ1n) is 10.6. The first-order valence-corrected chi connectivity index (χ1v) is 11.0. The normalized spacial score (nSPS) is 12.7. The number of halogens is 7. The number of hydrogen-bond acceptors (Lipinski definition) is 2. The molecule has 0 atom stereocenters. The minimum atomic E-state index is -4.63. The average molecular weight is 525 g/mol. The van der Waals surface area contributed by atoms with Crippen LogP contribution in [-0.4, -0.2) is 14.7 Å². The summed E-state index contributed by atoms with van der Waals surface area (Å²) >= 11 is 5.83. The Bertz CT molecular complexity index is 1400. The molecule has 1 heterocycles. The lowest BCUT2D eigenvalue weighted by Crippen LogP contribution is -2.15. The largest absolute Gasteiger partial charge is 0.417 e. The van der Waals surface area contributed by atoms with Gasteiger partial charge >= 0.3 is 12.4 Å². The monoisotopic (exact) mass is 524 g/mol. The predicted molar refractivity (Wildman–Crippen MR) is 125 cm³/mol. The molecular weight excluding hydrogens is 506 g/mol. The number of nitrogens with zero attached hydrogens (tertiary/aromatic N) is 2. The summed E-state index contributed by atoms with van der Waals surface area (Å²) in [5.41, 5.74) is -1.84. The molecule has 0 saturated carbocycles. The van der Waals surface area contributed by atoms with Crippen molar-refractivity contribution in [2.75, 3.05) is 0 Å². The molecule has 0 spiro atoms. The fourth-order valence-corrected chi connectivity index (χ4v) is 4.01. The van der Waals surface area contributed by atoms with Crippen LogP contribution < -0.4 is 0 Å². The predicted octanol–water partition coefficient (Wildman–Crippen LogP) is 8.12. The second-order valence-electron chi connectivity index (χ2n) is 8.66. The highest BCUT2D eigenvalue weighted by Crippen LogP contribution is 2.39. The maximum atomic E-state index is 13.7. The van der Waals surface area contributed by atoms with Gasteiger partial charge in [-0.25, -0.2) is 4.98 Å². The summed E-state index contributed by atoms with van der Waals surface area (Å²) in [7, 11) is 0. The number of imidazole rings is 1. The smallest absolute Gasteiger partial charge is 0.384 e. The molecule has 3 nitrogen and oxygen atoms in total. The summed E-state index contributed by atoms with van der Waals surface area (Å²) in [6, 6.07) is 14.8. The van der Waals surface area contributed by atoms with Gasteiger partial charge in [0, 0.05) is 17.4 Å². The summed E-state index contributed by atoms with van der Waals surface area (Å²) in [5.74, 6) is -0.0228. The van der Waals surface area contributed by atoms with Crippen molar-refractivity contribution < 1.29 is 31.4 Å². The van der Waals surface area contributed by atoms with Crippen LogP contribution in [0.5, 0.6) is 0 Å². The molecule has 0 amide bonds. The Morgan fingerprint density at radius 1 is 0.778 bits per heavy atom. The van der Waals surface area contributed by atoms with Crippen LogP contribution in [0.25, 0.3) is 28.2 Å². The Kier molecular flexibility index (Phi) is 6.43. The summed E-state index contributed by atoms with van der Waals surface area (Å²) in [6.07, 6.45) is -7.76. The SMILES string of the molecule is CC(C)(O)c1cn(-c2ccc(-c3ccc(C(F)(F)F)c(Cl)c3)cc2)c(-c2ccccc2C(F)(F)F)n1. The van der Waals surface area contributed by atoms with Crippen molar-refractivity contribution in [3.63, 3.8) is 0 Å². The lowest BCUT2D eigenvalue weighted by atomic mass is 10.0. The molecule has 188 valence electrons. The number of aromatic nitrogens is 2. The van der Waals surface area contributed by atoms with Gasteiger partial charge in [0.2, 0.25) is 0 Å². The molecule has 0 radical (unpaired) electrons. The molecular formula is C26H19ClF6N2O. The van der Waals surface area contributed by atoms with E-state index in [1.807, 2.05) is 0 Å². The minimum absolute atomic E-state index is 0.0228. The highest BCUT2D eigenvalue weighted by molar-refractivity contribution is 6.31. The Labute approximate surface area is 207 Å². The van der Waals surface area contributed by atoms with E-state index in [1.165, 1.54) is 54.9 Å². The van der Waals surface area contributed by atoms with Crippen molar-refractivity contribution >= 4 is 11.6 Å². The quantitative estimate of drug-likeness (QED) is 0.274. The number of hydrogen-bond donors (Lipinski definition) is 1. The molecule has 0 saturated heterocycles. The number of benzene rings is 3. The number of rotatable bonds is 4. The fourth-order valence-electron chi connectivity index (χ4n) is 3.73. The minimum Gasteiger partial charge on any atom is -0.384 e. The van der Waals surface area contributed by atoms with Gasteiger partial charge in [-0.05, 0) is 55.3 Å². The van der Waals surface area contributed by atoms with Crippen LogP contribution in [0.1, 0.15) is 30.7 Å². The van der Waals surface area contributed by atoms with E-state index in [0.29, 0.717) is 16.8 Å². The van der Waals surface area contributed by atoms with Crippen molar-refractivity contribution in [2.45, 2.75) is 31.8 Å². The zero-order valence-corrected chi connectivity index (χ0v) is 19.7. The molecule has 0 aliphatic carbocycles. The zero-order valence-electron chi connectivity index (χ0n) is 18.9. The first-order chi connectivity index (χ1) is 16.7. The molecule has 0 fully saturated rings. The van der Waals surface area contributed by atoms with E-state index in [4.69, 9.17) is 11.6 Å². The maximum absolute atomic E-state index is 13.7. The lowest BCUT2D eigenvalue weighted by molar-refractivity contribution is -0.138. The third-order valence-electron chi connectivity index (χ3n) is 5.56. The molecule has 10 heteroatoms. The van der Waals surface area contributed by atoms with E-state index < -0.39 is 34.1 Å². The third-order valence-corrected chi connectivity index (χ3v) is 5.87. The Morgan fingerprint density at radius 2 is 1.36 bits per heavy atom. The number of alkyl halides is 6. The standard InChI is InChI=1S/C26H19ClF6N2O/c1-24(2,36)22-14-35(23(34-22)18-5-3-4-6-19(18)25(28,29)30)17-10-7-15(8-11-17)16-9-12-20(21(27)13-16)26(31,32)33/h3-14,36H,1-2H3. The lowest BCUT2D eigenvalue weighted by Gasteiger charge is -2.14. The van der Waals surface area contributed by atoms with Gasteiger partial charge in [-0.3, -0.25) is 4.57 Å². The van der Waals surface area contributed by atoms with E-state index >= 15 is 0 Å². The average Bonchev–Trinajstić information content (AvgIpc) is 3.24. The van der Waals surface area contributed by atoms with Gasteiger partial charge in [0.1, 0.15) is 11.4 Å². The third kappa shape index (κ3) is 5.12. The van der Waals surface area contributed by atoms with Gasteiger partial charge in [0.05, 0.1) is 21.8 Å². The van der Waals surface area contributed by atoms with E-state index in [9.17, 15) is 31.4 Å². The van der Waals surface area contributed by atoms with Crippen molar-refractivity contribution in [1.29, 1.82) is 0 Å². The molecule has 0 bridgehead atoms. The van der Waals surface area contributed by atoms with Gasteiger partial charge in [0.15, 0.2) is 0 Å². The van der Waals surface area contributed by atoms with E-state index in [0.717, 1.165) is 12.1 Å². The molecule has 4 aromatic rings. The van der Waals surface area contributed by atoms with Crippen LogP contribution in [0.3, 0.4) is 0 Å². The molecule has 0 aliphatic heterocycles. The van der Waals surface area contributed by atoms with Gasteiger partial charge in [-0.1, -0.05) is 48.0 Å². The van der Waals surface area contributed by atoms with Crippen LogP contribution >= 0.6 is 11.6 Å². The molecule has 4 rings (SSSR count). The van der Waals surface area contributed by atoms with Crippen LogP contribution in [-0.2, 0) is 18.0 Å². The van der Waals surface area contributed by atoms with Crippen LogP contribution in [0, 0.1) is 0 Å². The fraction of sp³-hybridized carbons (Fsp3) is 0.192. The molecule has 1 aromatic heterocycles. The second kappa shape index (κ2) is 8.97. The Balaban J connectivity index is 1.81. The summed E-state index contributed by atoms with van der Waals surface area (Å²) < 4.78 is 81.6. The summed E-state index contributed by atoms with van der Waals surface area (Å²) in [5, 5.41) is 10.0. The van der Waals surface area contributed by atoms with Crippen LogP contribution in [0.4, 0.5) is 26.3 Å². The van der Waals surface area contributed by atoms with Crippen molar-refractivity contribution in [3.8, 4) is 28.2 Å². The van der Waals surface area contributed by atoms with E-state index in [-0.39, 0.29) is 17.1 Å². The highest BCUT2D eigenvalue weighted by Gasteiger charge is 2.35. The van der Waals surface area contributed by atoms with Crippen LogP contribution in [0.2, 0.25) is 5.02 Å². The highest BCUT2D eigenvalue weighted by atomic mass is 35.5. The van der Waals surface area contributed by atoms with Gasteiger partial charge in [-0.2, -0.15) is 26.3 Å². The molecule has 0 unspecified atom stereocenters. The summed E-state index contributed by atoms with van der Waals surface area (Å²) in [4.78, 5) is 4.32. The van der Waals surface area contributed by atoms with Crippen LogP contribution in [0.15, 0.2) is 72.9 Å². The van der Waals surface area contributed by atoms with Gasteiger partial charge in [-0.15, -0.1) is 0 Å². The number of aliphatic hydroxyl groups is 1. The Hall–Kier alpha value is -3.30. The van der Waals surface area contributed by atoms with E-state index in [2.05, 4.69) is 4.98 Å². The van der Waals surface area contributed by atoms with Crippen molar-refractivity contribution in [2.24, 2.45) is 0 Å². The van der Waals surface area contributed by atoms with Gasteiger partial charge < -0.3 is 5.11 Å². The summed E-state index contributed by atoms with van der Waals surface area (Å²) in [6.45, 7) is 2.94. The van der Waals surface area contributed by atoms with E-state index in [1.54, 1.807) is 24.3 Å². The topological polar surface area (TPSA) is 38.0 Å². The second-order valence-corrected chi connectivity index (χ2v) is 9.07. The van der Waals surface area contributed by atoms with Crippen molar-refractivity contribution in [3.05, 3.63) is 94.8 Å². The molecule has 1 N–H and O–H groups in total.